The van der Waals surface area contributed by atoms with Crippen molar-refractivity contribution in [2.45, 2.75) is 65.3 Å². The summed E-state index contributed by atoms with van der Waals surface area (Å²) in [5.41, 5.74) is 7.09. The molecule has 1 aliphatic carbocycles. The summed E-state index contributed by atoms with van der Waals surface area (Å²) in [7, 11) is 0. The van der Waals surface area contributed by atoms with E-state index in [0.29, 0.717) is 0 Å². The second-order valence-electron chi connectivity index (χ2n) is 14.7. The van der Waals surface area contributed by atoms with Gasteiger partial charge in [-0.3, -0.25) is 0 Å². The quantitative estimate of drug-likeness (QED) is 0.200. The van der Waals surface area contributed by atoms with Crippen LogP contribution in [0.15, 0.2) is 103 Å². The maximum absolute atomic E-state index is 2.69. The third-order valence-corrected chi connectivity index (χ3v) is 11.3. The second kappa shape index (κ2) is 7.91. The fourth-order valence-corrected chi connectivity index (χ4v) is 9.78. The molecule has 204 valence electrons. The molecule has 1 aliphatic heterocycles. The van der Waals surface area contributed by atoms with Gasteiger partial charge in [0.25, 0.3) is 0 Å². The predicted octanol–water partition coefficient (Wildman–Crippen LogP) is 11.3. The molecule has 0 amide bonds. The van der Waals surface area contributed by atoms with Crippen molar-refractivity contribution >= 4 is 43.7 Å². The minimum Gasteiger partial charge on any atom is -0.334 e. The number of benzene rings is 6. The van der Waals surface area contributed by atoms with Gasteiger partial charge in [0.15, 0.2) is 0 Å². The standard InChI is InChI=1S/C40H39N/c1-37(2)24-38(3,4)40(6)33-23-29(19-22-34(33)41(39(40,5)25-37)30-13-8-7-9-14-30)31-20-17-28-16-15-26-11-10-12-27-18-21-32(31)36(28)35(26)27/h7-23H,24-25H2,1-6H3. The number of nitrogens with zero attached hydrogens (tertiary/aromatic N) is 1. The first kappa shape index (κ1) is 24.9. The van der Waals surface area contributed by atoms with Gasteiger partial charge in [-0.1, -0.05) is 113 Å². The SMILES string of the molecule is CC1(C)CC(C)(C)C2(C)c3cc(-c4ccc5ccc6cccc7ccc4c5c67)ccc3N(c3ccccc3)C2(C)C1. The molecule has 0 saturated heterocycles. The maximum Gasteiger partial charge on any atom is 0.0528 e. The molecule has 41 heavy (non-hydrogen) atoms. The molecular formula is C40H39N. The molecule has 1 heteroatoms. The molecule has 1 fully saturated rings. The summed E-state index contributed by atoms with van der Waals surface area (Å²) < 4.78 is 0. The van der Waals surface area contributed by atoms with Crippen molar-refractivity contribution in [1.29, 1.82) is 0 Å². The minimum absolute atomic E-state index is 0.0273. The predicted molar refractivity (Wildman–Crippen MR) is 177 cm³/mol. The molecule has 0 spiro atoms. The van der Waals surface area contributed by atoms with Crippen LogP contribution in [0.3, 0.4) is 0 Å². The molecule has 1 nitrogen and oxygen atoms in total. The fraction of sp³-hybridized carbons (Fsp3) is 0.300. The first-order valence-corrected chi connectivity index (χ1v) is 15.2. The van der Waals surface area contributed by atoms with Crippen LogP contribution in [0.1, 0.15) is 59.9 Å². The molecule has 1 saturated carbocycles. The Bertz CT molecular complexity index is 1960. The van der Waals surface area contributed by atoms with E-state index in [9.17, 15) is 0 Å². The minimum atomic E-state index is -0.0524. The van der Waals surface area contributed by atoms with E-state index in [0.717, 1.165) is 6.42 Å². The number of rotatable bonds is 2. The van der Waals surface area contributed by atoms with E-state index < -0.39 is 0 Å². The third-order valence-electron chi connectivity index (χ3n) is 11.3. The smallest absolute Gasteiger partial charge is 0.0528 e. The molecule has 2 atom stereocenters. The Morgan fingerprint density at radius 2 is 1.24 bits per heavy atom. The molecular weight excluding hydrogens is 494 g/mol. The van der Waals surface area contributed by atoms with E-state index >= 15 is 0 Å². The number of fused-ring (bicyclic) bond motifs is 3. The molecule has 0 aromatic heterocycles. The lowest BCUT2D eigenvalue weighted by Gasteiger charge is -2.62. The van der Waals surface area contributed by atoms with E-state index in [-0.39, 0.29) is 21.8 Å². The van der Waals surface area contributed by atoms with Gasteiger partial charge in [0, 0.05) is 16.8 Å². The Kier molecular flexibility index (Phi) is 4.81. The van der Waals surface area contributed by atoms with Crippen LogP contribution >= 0.6 is 0 Å². The topological polar surface area (TPSA) is 3.24 Å². The molecule has 6 aromatic carbocycles. The lowest BCUT2D eigenvalue weighted by molar-refractivity contribution is -0.0236. The molecule has 0 radical (unpaired) electrons. The zero-order chi connectivity index (χ0) is 28.4. The van der Waals surface area contributed by atoms with Crippen molar-refractivity contribution in [3.63, 3.8) is 0 Å². The highest BCUT2D eigenvalue weighted by molar-refractivity contribution is 6.25. The van der Waals surface area contributed by atoms with Crippen molar-refractivity contribution in [2.75, 3.05) is 4.90 Å². The Balaban J connectivity index is 1.41. The van der Waals surface area contributed by atoms with Crippen LogP contribution in [0.25, 0.3) is 43.4 Å². The summed E-state index contributed by atoms with van der Waals surface area (Å²) in [6.45, 7) is 15.1. The Morgan fingerprint density at radius 3 is 1.98 bits per heavy atom. The van der Waals surface area contributed by atoms with Gasteiger partial charge in [-0.05, 0) is 104 Å². The summed E-state index contributed by atoms with van der Waals surface area (Å²) in [5.74, 6) is 0. The van der Waals surface area contributed by atoms with Crippen LogP contribution in [-0.2, 0) is 5.41 Å². The van der Waals surface area contributed by atoms with Crippen LogP contribution < -0.4 is 4.90 Å². The third kappa shape index (κ3) is 3.13. The molecule has 6 aromatic rings. The van der Waals surface area contributed by atoms with Crippen molar-refractivity contribution < 1.29 is 0 Å². The van der Waals surface area contributed by atoms with Crippen LogP contribution in [0, 0.1) is 10.8 Å². The molecule has 2 aliphatic rings. The zero-order valence-electron chi connectivity index (χ0n) is 25.2. The lowest BCUT2D eigenvalue weighted by atomic mass is 9.45. The van der Waals surface area contributed by atoms with Crippen molar-refractivity contribution in [1.82, 2.24) is 0 Å². The summed E-state index contributed by atoms with van der Waals surface area (Å²) in [4.78, 5) is 2.69. The van der Waals surface area contributed by atoms with Crippen LogP contribution in [-0.4, -0.2) is 5.54 Å². The van der Waals surface area contributed by atoms with Crippen LogP contribution in [0.4, 0.5) is 11.4 Å². The van der Waals surface area contributed by atoms with Crippen molar-refractivity contribution in [2.24, 2.45) is 10.8 Å². The van der Waals surface area contributed by atoms with E-state index in [1.54, 1.807) is 0 Å². The molecule has 8 rings (SSSR count). The Hall–Kier alpha value is -3.84. The molecule has 0 bridgehead atoms. The van der Waals surface area contributed by atoms with E-state index in [4.69, 9.17) is 0 Å². The lowest BCUT2D eigenvalue weighted by Crippen LogP contribution is -2.65. The largest absolute Gasteiger partial charge is 0.334 e. The molecule has 1 heterocycles. The van der Waals surface area contributed by atoms with Crippen molar-refractivity contribution in [3.05, 3.63) is 109 Å². The average Bonchev–Trinajstić information content (AvgIpc) is 3.14. The summed E-state index contributed by atoms with van der Waals surface area (Å²) >= 11 is 0. The van der Waals surface area contributed by atoms with E-state index in [2.05, 4.69) is 150 Å². The highest BCUT2D eigenvalue weighted by Crippen LogP contribution is 2.69. The first-order chi connectivity index (χ1) is 19.5. The van der Waals surface area contributed by atoms with Gasteiger partial charge in [0.1, 0.15) is 0 Å². The van der Waals surface area contributed by atoms with E-state index in [1.165, 1.54) is 66.8 Å². The van der Waals surface area contributed by atoms with Gasteiger partial charge in [0.2, 0.25) is 0 Å². The number of hydrogen-bond donors (Lipinski definition) is 0. The Morgan fingerprint density at radius 1 is 0.585 bits per heavy atom. The van der Waals surface area contributed by atoms with Gasteiger partial charge in [-0.25, -0.2) is 0 Å². The average molecular weight is 534 g/mol. The molecule has 2 unspecified atom stereocenters. The van der Waals surface area contributed by atoms with Gasteiger partial charge < -0.3 is 4.90 Å². The van der Waals surface area contributed by atoms with Crippen LogP contribution in [0.5, 0.6) is 0 Å². The second-order valence-corrected chi connectivity index (χ2v) is 14.7. The fourth-order valence-electron chi connectivity index (χ4n) is 9.78. The van der Waals surface area contributed by atoms with Gasteiger partial charge in [-0.2, -0.15) is 0 Å². The maximum atomic E-state index is 2.69. The van der Waals surface area contributed by atoms with Crippen molar-refractivity contribution in [3.8, 4) is 11.1 Å². The monoisotopic (exact) mass is 533 g/mol. The summed E-state index contributed by atoms with van der Waals surface area (Å²) in [6.07, 6.45) is 2.36. The van der Waals surface area contributed by atoms with Gasteiger partial charge in [0.05, 0.1) is 5.54 Å². The highest BCUT2D eigenvalue weighted by atomic mass is 15.3. The number of anilines is 2. The van der Waals surface area contributed by atoms with Crippen LogP contribution in [0.2, 0.25) is 0 Å². The van der Waals surface area contributed by atoms with E-state index in [1.807, 2.05) is 0 Å². The first-order valence-electron chi connectivity index (χ1n) is 15.2. The summed E-state index contributed by atoms with van der Waals surface area (Å²) in [6, 6.07) is 39.0. The molecule has 0 N–H and O–H groups in total. The highest BCUT2D eigenvalue weighted by Gasteiger charge is 2.67. The van der Waals surface area contributed by atoms with Gasteiger partial charge >= 0.3 is 0 Å². The zero-order valence-corrected chi connectivity index (χ0v) is 25.2. The summed E-state index contributed by atoms with van der Waals surface area (Å²) in [5, 5.41) is 8.08. The normalized spacial score (nSPS) is 24.7. The number of para-hydroxylation sites is 1. The number of hydrogen-bond acceptors (Lipinski definition) is 1. The Labute approximate surface area is 244 Å². The van der Waals surface area contributed by atoms with Gasteiger partial charge in [-0.15, -0.1) is 0 Å².